The van der Waals surface area contributed by atoms with Crippen molar-refractivity contribution in [3.63, 3.8) is 0 Å². The zero-order chi connectivity index (χ0) is 13.8. The number of aliphatic hydroxyl groups excluding tert-OH is 1. The molecule has 0 bridgehead atoms. The first-order chi connectivity index (χ1) is 8.28. The standard InChI is InChI=1S/C12H15F4NO/c1-17(8-12(14,15)16)6-5-11(18)9-3-2-4-10(13)7-9/h2-4,7,11,18H,5-6,8H2,1H3. The molecule has 0 saturated heterocycles. The summed E-state index contributed by atoms with van der Waals surface area (Å²) >= 11 is 0. The van der Waals surface area contributed by atoms with Gasteiger partial charge in [-0.2, -0.15) is 13.2 Å². The maximum Gasteiger partial charge on any atom is 0.401 e. The molecular weight excluding hydrogens is 250 g/mol. The van der Waals surface area contributed by atoms with Crippen molar-refractivity contribution in [2.24, 2.45) is 0 Å². The number of hydrogen-bond donors (Lipinski definition) is 1. The lowest BCUT2D eigenvalue weighted by molar-refractivity contribution is -0.143. The average molecular weight is 265 g/mol. The summed E-state index contributed by atoms with van der Waals surface area (Å²) in [6, 6.07) is 5.41. The van der Waals surface area contributed by atoms with Crippen molar-refractivity contribution < 1.29 is 22.7 Å². The van der Waals surface area contributed by atoms with Crippen LogP contribution >= 0.6 is 0 Å². The predicted molar refractivity (Wildman–Crippen MR) is 59.5 cm³/mol. The minimum atomic E-state index is -4.25. The Morgan fingerprint density at radius 3 is 2.56 bits per heavy atom. The molecule has 1 N–H and O–H groups in total. The Labute approximate surface area is 103 Å². The molecule has 1 atom stereocenters. The van der Waals surface area contributed by atoms with Crippen LogP contribution in [0.3, 0.4) is 0 Å². The third-order valence-corrected chi connectivity index (χ3v) is 2.47. The first-order valence-electron chi connectivity index (χ1n) is 5.47. The SMILES string of the molecule is CN(CCC(O)c1cccc(F)c1)CC(F)(F)F. The number of halogens is 4. The molecule has 0 radical (unpaired) electrons. The van der Waals surface area contributed by atoms with E-state index in [-0.39, 0.29) is 13.0 Å². The minimum Gasteiger partial charge on any atom is -0.388 e. The molecule has 2 nitrogen and oxygen atoms in total. The topological polar surface area (TPSA) is 23.5 Å². The highest BCUT2D eigenvalue weighted by molar-refractivity contribution is 5.18. The van der Waals surface area contributed by atoms with Crippen LogP contribution in [0.1, 0.15) is 18.1 Å². The molecule has 0 amide bonds. The van der Waals surface area contributed by atoms with Gasteiger partial charge in [0.05, 0.1) is 12.6 Å². The van der Waals surface area contributed by atoms with Gasteiger partial charge in [0.1, 0.15) is 5.82 Å². The maximum atomic E-state index is 12.9. The van der Waals surface area contributed by atoms with Crippen LogP contribution in [0.2, 0.25) is 0 Å². The monoisotopic (exact) mass is 265 g/mol. The van der Waals surface area contributed by atoms with E-state index in [4.69, 9.17) is 0 Å². The second-order valence-corrected chi connectivity index (χ2v) is 4.21. The zero-order valence-electron chi connectivity index (χ0n) is 9.91. The second kappa shape index (κ2) is 6.15. The molecule has 102 valence electrons. The Morgan fingerprint density at radius 2 is 2.00 bits per heavy atom. The molecule has 6 heteroatoms. The molecule has 0 saturated carbocycles. The number of hydrogen-bond acceptors (Lipinski definition) is 2. The molecule has 0 aliphatic carbocycles. The predicted octanol–water partition coefficient (Wildman–Crippen LogP) is 2.74. The van der Waals surface area contributed by atoms with Gasteiger partial charge in [0.25, 0.3) is 0 Å². The van der Waals surface area contributed by atoms with Gasteiger partial charge in [0.15, 0.2) is 0 Å². The van der Waals surface area contributed by atoms with Crippen LogP contribution < -0.4 is 0 Å². The Kier molecular flexibility index (Phi) is 5.10. The van der Waals surface area contributed by atoms with Crippen molar-refractivity contribution in [3.05, 3.63) is 35.6 Å². The molecule has 1 aromatic rings. The van der Waals surface area contributed by atoms with E-state index in [0.717, 1.165) is 4.90 Å². The van der Waals surface area contributed by atoms with E-state index in [1.807, 2.05) is 0 Å². The molecular formula is C12H15F4NO. The van der Waals surface area contributed by atoms with Gasteiger partial charge in [0, 0.05) is 6.54 Å². The first-order valence-corrected chi connectivity index (χ1v) is 5.47. The molecule has 1 aromatic carbocycles. The highest BCUT2D eigenvalue weighted by Gasteiger charge is 2.29. The third-order valence-electron chi connectivity index (χ3n) is 2.47. The molecule has 0 heterocycles. The summed E-state index contributed by atoms with van der Waals surface area (Å²) in [6.07, 6.45) is -5.09. The summed E-state index contributed by atoms with van der Waals surface area (Å²) in [5, 5.41) is 9.72. The van der Waals surface area contributed by atoms with Gasteiger partial charge in [-0.3, -0.25) is 4.90 Å². The summed E-state index contributed by atoms with van der Waals surface area (Å²) < 4.78 is 49.0. The van der Waals surface area contributed by atoms with Crippen LogP contribution in [-0.2, 0) is 0 Å². The Bertz CT molecular complexity index is 381. The molecule has 18 heavy (non-hydrogen) atoms. The fourth-order valence-corrected chi connectivity index (χ4v) is 1.61. The zero-order valence-corrected chi connectivity index (χ0v) is 9.91. The lowest BCUT2D eigenvalue weighted by Crippen LogP contribution is -2.32. The molecule has 0 fully saturated rings. The van der Waals surface area contributed by atoms with Crippen LogP contribution in [0, 0.1) is 5.82 Å². The van der Waals surface area contributed by atoms with Crippen molar-refractivity contribution in [2.45, 2.75) is 18.7 Å². The van der Waals surface area contributed by atoms with E-state index in [2.05, 4.69) is 0 Å². The lowest BCUT2D eigenvalue weighted by atomic mass is 10.1. The van der Waals surface area contributed by atoms with Crippen molar-refractivity contribution in [3.8, 4) is 0 Å². The molecule has 1 rings (SSSR count). The number of aliphatic hydroxyl groups is 1. The first kappa shape index (κ1) is 14.9. The van der Waals surface area contributed by atoms with E-state index in [1.54, 1.807) is 0 Å². The summed E-state index contributed by atoms with van der Waals surface area (Å²) in [6.45, 7) is -0.944. The summed E-state index contributed by atoms with van der Waals surface area (Å²) in [5.41, 5.74) is 0.371. The van der Waals surface area contributed by atoms with Gasteiger partial charge in [0.2, 0.25) is 0 Å². The second-order valence-electron chi connectivity index (χ2n) is 4.21. The van der Waals surface area contributed by atoms with E-state index >= 15 is 0 Å². The van der Waals surface area contributed by atoms with Gasteiger partial charge in [-0.05, 0) is 31.2 Å². The van der Waals surface area contributed by atoms with Crippen LogP contribution in [0.4, 0.5) is 17.6 Å². The summed E-state index contributed by atoms with van der Waals surface area (Å²) in [7, 11) is 1.33. The van der Waals surface area contributed by atoms with Crippen molar-refractivity contribution in [1.29, 1.82) is 0 Å². The van der Waals surface area contributed by atoms with Crippen LogP contribution in [-0.4, -0.2) is 36.3 Å². The number of nitrogens with zero attached hydrogens (tertiary/aromatic N) is 1. The van der Waals surface area contributed by atoms with Crippen LogP contribution in [0.5, 0.6) is 0 Å². The molecule has 0 aliphatic rings. The van der Waals surface area contributed by atoms with Crippen molar-refractivity contribution in [2.75, 3.05) is 20.1 Å². The summed E-state index contributed by atoms with van der Waals surface area (Å²) in [5.74, 6) is -0.477. The van der Waals surface area contributed by atoms with E-state index in [9.17, 15) is 22.7 Å². The smallest absolute Gasteiger partial charge is 0.388 e. The Balaban J connectivity index is 2.44. The molecule has 0 aromatic heterocycles. The fraction of sp³-hybridized carbons (Fsp3) is 0.500. The van der Waals surface area contributed by atoms with E-state index in [0.29, 0.717) is 5.56 Å². The van der Waals surface area contributed by atoms with Gasteiger partial charge < -0.3 is 5.11 Å². The van der Waals surface area contributed by atoms with Gasteiger partial charge in [-0.25, -0.2) is 4.39 Å². The van der Waals surface area contributed by atoms with Crippen molar-refractivity contribution in [1.82, 2.24) is 4.90 Å². The van der Waals surface area contributed by atoms with E-state index in [1.165, 1.54) is 31.3 Å². The quantitative estimate of drug-likeness (QED) is 0.827. The third kappa shape index (κ3) is 5.46. The Hall–Kier alpha value is -1.14. The van der Waals surface area contributed by atoms with E-state index < -0.39 is 24.6 Å². The molecule has 0 spiro atoms. The molecule has 0 aliphatic heterocycles. The molecule has 1 unspecified atom stereocenters. The largest absolute Gasteiger partial charge is 0.401 e. The van der Waals surface area contributed by atoms with Crippen molar-refractivity contribution >= 4 is 0 Å². The fourth-order valence-electron chi connectivity index (χ4n) is 1.61. The highest BCUT2D eigenvalue weighted by Crippen LogP contribution is 2.19. The minimum absolute atomic E-state index is 0.0805. The van der Waals surface area contributed by atoms with Gasteiger partial charge in [-0.15, -0.1) is 0 Å². The summed E-state index contributed by atoms with van der Waals surface area (Å²) in [4.78, 5) is 1.07. The highest BCUT2D eigenvalue weighted by atomic mass is 19.4. The Morgan fingerprint density at radius 1 is 1.33 bits per heavy atom. The van der Waals surface area contributed by atoms with Crippen LogP contribution in [0.15, 0.2) is 24.3 Å². The van der Waals surface area contributed by atoms with Gasteiger partial charge >= 0.3 is 6.18 Å². The maximum absolute atomic E-state index is 12.9. The number of rotatable bonds is 5. The normalized spacial score (nSPS) is 13.9. The lowest BCUT2D eigenvalue weighted by Gasteiger charge is -2.20. The average Bonchev–Trinajstić information content (AvgIpc) is 2.23. The van der Waals surface area contributed by atoms with Gasteiger partial charge in [-0.1, -0.05) is 12.1 Å². The number of benzene rings is 1. The number of alkyl halides is 3. The van der Waals surface area contributed by atoms with Crippen LogP contribution in [0.25, 0.3) is 0 Å².